The highest BCUT2D eigenvalue weighted by atomic mass is 35.5. The third-order valence-corrected chi connectivity index (χ3v) is 4.30. The number of nitrogens with zero attached hydrogens (tertiary/aromatic N) is 2. The second-order valence-electron chi connectivity index (χ2n) is 5.26. The Hall–Kier alpha value is -1.71. The molecule has 106 valence electrons. The van der Waals surface area contributed by atoms with Gasteiger partial charge in [0.1, 0.15) is 16.8 Å². The van der Waals surface area contributed by atoms with Crippen LogP contribution >= 0.6 is 23.2 Å². The van der Waals surface area contributed by atoms with Crippen molar-refractivity contribution in [2.45, 2.75) is 19.8 Å². The van der Waals surface area contributed by atoms with Crippen LogP contribution in [-0.4, -0.2) is 14.4 Å². The maximum atomic E-state index is 6.26. The van der Waals surface area contributed by atoms with Crippen LogP contribution in [-0.2, 0) is 6.42 Å². The third kappa shape index (κ3) is 1.92. The average Bonchev–Trinajstić information content (AvgIpc) is 2.96. The highest BCUT2D eigenvalue weighted by Crippen LogP contribution is 2.33. The highest BCUT2D eigenvalue weighted by molar-refractivity contribution is 6.39. The molecule has 3 nitrogen and oxygen atoms in total. The summed E-state index contributed by atoms with van der Waals surface area (Å²) in [5.74, 6) is 0. The van der Waals surface area contributed by atoms with E-state index < -0.39 is 0 Å². The van der Waals surface area contributed by atoms with Gasteiger partial charge >= 0.3 is 0 Å². The Balaban J connectivity index is 2.08. The maximum absolute atomic E-state index is 6.26. The molecule has 0 radical (unpaired) electrons. The Morgan fingerprint density at radius 1 is 1.24 bits per heavy atom. The van der Waals surface area contributed by atoms with Gasteiger partial charge in [0.25, 0.3) is 0 Å². The van der Waals surface area contributed by atoms with Crippen LogP contribution in [0.25, 0.3) is 27.7 Å². The van der Waals surface area contributed by atoms with Gasteiger partial charge in [-0.2, -0.15) is 0 Å². The number of pyridine rings is 1. The topological polar surface area (TPSA) is 33.1 Å². The monoisotopic (exact) mass is 317 g/mol. The second kappa shape index (κ2) is 4.65. The Labute approximate surface area is 131 Å². The average molecular weight is 318 g/mol. The molecule has 0 aliphatic carbocycles. The van der Waals surface area contributed by atoms with Gasteiger partial charge in [-0.1, -0.05) is 36.5 Å². The number of aromatic amines is 1. The SMILES string of the molecule is CCCc1ccn2c(c1)nc1c3cc(Cl)cc(Cl)c3[nH]c12. The summed E-state index contributed by atoms with van der Waals surface area (Å²) < 4.78 is 2.05. The van der Waals surface area contributed by atoms with Gasteiger partial charge in [-0.15, -0.1) is 0 Å². The lowest BCUT2D eigenvalue weighted by Gasteiger charge is -2.00. The minimum Gasteiger partial charge on any atom is -0.338 e. The number of benzene rings is 1. The summed E-state index contributed by atoms with van der Waals surface area (Å²) >= 11 is 12.4. The van der Waals surface area contributed by atoms with Crippen LogP contribution in [0.4, 0.5) is 0 Å². The third-order valence-electron chi connectivity index (χ3n) is 3.78. The minimum absolute atomic E-state index is 0.617. The fraction of sp³-hybridized carbons (Fsp3) is 0.188. The van der Waals surface area contributed by atoms with Gasteiger partial charge in [0, 0.05) is 16.6 Å². The highest BCUT2D eigenvalue weighted by Gasteiger charge is 2.14. The van der Waals surface area contributed by atoms with Crippen LogP contribution in [0.1, 0.15) is 18.9 Å². The van der Waals surface area contributed by atoms with Gasteiger partial charge in [0.05, 0.1) is 10.5 Å². The first-order valence-electron chi connectivity index (χ1n) is 6.95. The molecule has 5 heteroatoms. The second-order valence-corrected chi connectivity index (χ2v) is 6.10. The summed E-state index contributed by atoms with van der Waals surface area (Å²) in [7, 11) is 0. The van der Waals surface area contributed by atoms with Crippen molar-refractivity contribution < 1.29 is 0 Å². The van der Waals surface area contributed by atoms with Gasteiger partial charge in [0.15, 0.2) is 0 Å². The fourth-order valence-corrected chi connectivity index (χ4v) is 3.38. The van der Waals surface area contributed by atoms with Crippen molar-refractivity contribution in [1.82, 2.24) is 14.4 Å². The molecule has 0 aliphatic rings. The number of hydrogen-bond acceptors (Lipinski definition) is 1. The standard InChI is InChI=1S/C16H13Cl2N3/c1-2-3-9-4-5-21-13(6-9)19-15-11-7-10(17)8-12(18)14(11)20-16(15)21/h4-8,20H,2-3H2,1H3. The van der Waals surface area contributed by atoms with E-state index in [4.69, 9.17) is 28.2 Å². The van der Waals surface area contributed by atoms with Crippen molar-refractivity contribution in [3.8, 4) is 0 Å². The molecule has 3 heterocycles. The molecule has 3 aromatic heterocycles. The number of rotatable bonds is 2. The first kappa shape index (κ1) is 13.0. The number of imidazole rings is 1. The number of hydrogen-bond donors (Lipinski definition) is 1. The smallest absolute Gasteiger partial charge is 0.143 e. The van der Waals surface area contributed by atoms with E-state index in [1.54, 1.807) is 6.07 Å². The molecule has 0 spiro atoms. The van der Waals surface area contributed by atoms with Gasteiger partial charge in [-0.05, 0) is 36.2 Å². The molecule has 0 bridgehead atoms. The molecule has 4 rings (SSSR count). The van der Waals surface area contributed by atoms with Crippen LogP contribution < -0.4 is 0 Å². The molecule has 0 amide bonds. The van der Waals surface area contributed by atoms with Crippen LogP contribution in [0.15, 0.2) is 30.5 Å². The lowest BCUT2D eigenvalue weighted by atomic mass is 10.1. The van der Waals surface area contributed by atoms with Gasteiger partial charge in [-0.3, -0.25) is 4.40 Å². The lowest BCUT2D eigenvalue weighted by Crippen LogP contribution is -1.89. The summed E-state index contributed by atoms with van der Waals surface area (Å²) in [5.41, 5.74) is 4.99. The molecular formula is C16H13Cl2N3. The number of aromatic nitrogens is 3. The van der Waals surface area contributed by atoms with E-state index in [1.165, 1.54) is 5.56 Å². The molecule has 0 atom stereocenters. The molecule has 4 aromatic rings. The zero-order valence-electron chi connectivity index (χ0n) is 11.5. The molecule has 0 saturated carbocycles. The zero-order chi connectivity index (χ0) is 14.6. The molecular weight excluding hydrogens is 305 g/mol. The van der Waals surface area contributed by atoms with Gasteiger partial charge < -0.3 is 4.98 Å². The van der Waals surface area contributed by atoms with E-state index in [0.29, 0.717) is 10.0 Å². The minimum atomic E-state index is 0.617. The van der Waals surface area contributed by atoms with Crippen molar-refractivity contribution in [2.24, 2.45) is 0 Å². The normalized spacial score (nSPS) is 12.0. The predicted octanol–water partition coefficient (Wildman–Crippen LogP) is 5.23. The lowest BCUT2D eigenvalue weighted by molar-refractivity contribution is 0.918. The number of halogens is 2. The van der Waals surface area contributed by atoms with E-state index >= 15 is 0 Å². The van der Waals surface area contributed by atoms with Crippen molar-refractivity contribution in [1.29, 1.82) is 0 Å². The molecule has 1 aromatic carbocycles. The van der Waals surface area contributed by atoms with Crippen LogP contribution in [0.2, 0.25) is 10.0 Å². The number of aryl methyl sites for hydroxylation is 1. The predicted molar refractivity (Wildman–Crippen MR) is 88.6 cm³/mol. The Bertz CT molecular complexity index is 982. The largest absolute Gasteiger partial charge is 0.338 e. The van der Waals surface area contributed by atoms with Crippen molar-refractivity contribution in [2.75, 3.05) is 0 Å². The Morgan fingerprint density at radius 2 is 2.10 bits per heavy atom. The van der Waals surface area contributed by atoms with Crippen LogP contribution in [0, 0.1) is 0 Å². The van der Waals surface area contributed by atoms with Crippen molar-refractivity contribution in [3.05, 3.63) is 46.1 Å². The zero-order valence-corrected chi connectivity index (χ0v) is 13.0. The van der Waals surface area contributed by atoms with Crippen LogP contribution in [0.5, 0.6) is 0 Å². The summed E-state index contributed by atoms with van der Waals surface area (Å²) in [5, 5.41) is 2.20. The van der Waals surface area contributed by atoms with Gasteiger partial charge in [0.2, 0.25) is 0 Å². The van der Waals surface area contributed by atoms with E-state index in [1.807, 2.05) is 6.07 Å². The van der Waals surface area contributed by atoms with Gasteiger partial charge in [-0.25, -0.2) is 4.98 Å². The van der Waals surface area contributed by atoms with E-state index in [-0.39, 0.29) is 0 Å². The molecule has 1 N–H and O–H groups in total. The van der Waals surface area contributed by atoms with Crippen molar-refractivity contribution >= 4 is 50.9 Å². The van der Waals surface area contributed by atoms with E-state index in [9.17, 15) is 0 Å². The fourth-order valence-electron chi connectivity index (χ4n) is 2.84. The first-order valence-corrected chi connectivity index (χ1v) is 7.70. The molecule has 0 unspecified atom stereocenters. The number of nitrogens with one attached hydrogen (secondary N) is 1. The van der Waals surface area contributed by atoms with Crippen molar-refractivity contribution in [3.63, 3.8) is 0 Å². The molecule has 0 fully saturated rings. The Morgan fingerprint density at radius 3 is 2.90 bits per heavy atom. The molecule has 0 aliphatic heterocycles. The summed E-state index contributed by atoms with van der Waals surface area (Å²) in [6.45, 7) is 2.18. The summed E-state index contributed by atoms with van der Waals surface area (Å²) in [4.78, 5) is 8.10. The quantitative estimate of drug-likeness (QED) is 0.539. The first-order chi connectivity index (χ1) is 10.2. The van der Waals surface area contributed by atoms with Crippen LogP contribution in [0.3, 0.4) is 0 Å². The number of H-pyrrole nitrogens is 1. The van der Waals surface area contributed by atoms with E-state index in [2.05, 4.69) is 34.6 Å². The molecule has 0 saturated heterocycles. The Kier molecular flexibility index (Phi) is 2.88. The number of fused-ring (bicyclic) bond motifs is 5. The van der Waals surface area contributed by atoms with E-state index in [0.717, 1.165) is 40.6 Å². The maximum Gasteiger partial charge on any atom is 0.143 e. The summed E-state index contributed by atoms with van der Waals surface area (Å²) in [6, 6.07) is 7.92. The summed E-state index contributed by atoms with van der Waals surface area (Å²) in [6.07, 6.45) is 4.25. The molecule has 21 heavy (non-hydrogen) atoms.